The lowest BCUT2D eigenvalue weighted by Gasteiger charge is -2.52. The molecule has 0 spiro atoms. The summed E-state index contributed by atoms with van der Waals surface area (Å²) in [6.45, 7) is 34.5. The third kappa shape index (κ3) is 14.9. The van der Waals surface area contributed by atoms with Crippen LogP contribution >= 0.6 is 10.7 Å². The highest BCUT2D eigenvalue weighted by Gasteiger charge is 2.68. The van der Waals surface area contributed by atoms with E-state index in [-0.39, 0.29) is 109 Å². The van der Waals surface area contributed by atoms with Gasteiger partial charge in [-0.05, 0) is 70.0 Å². The fraction of sp³-hybridized carbons (Fsp3) is 0.811. The molecule has 0 bridgehead atoms. The van der Waals surface area contributed by atoms with Crippen LogP contribution in [0.1, 0.15) is 156 Å². The molecule has 0 unspecified atom stereocenters. The second-order valence-electron chi connectivity index (χ2n) is 25.4. The maximum atomic E-state index is 12.7. The lowest BCUT2D eigenvalue weighted by molar-refractivity contribution is -0.113. The van der Waals surface area contributed by atoms with E-state index in [0.29, 0.717) is 28.7 Å². The number of nitrogens with two attached hydrogens (primary N) is 2. The van der Waals surface area contributed by atoms with Gasteiger partial charge in [0.05, 0.1) is 45.0 Å². The van der Waals surface area contributed by atoms with Gasteiger partial charge in [-0.2, -0.15) is 8.42 Å². The number of imidazole rings is 2. The van der Waals surface area contributed by atoms with Gasteiger partial charge in [-0.1, -0.05) is 118 Å². The van der Waals surface area contributed by atoms with Crippen molar-refractivity contribution in [2.75, 3.05) is 50.4 Å². The van der Waals surface area contributed by atoms with Crippen LogP contribution in [0, 0.1) is 0 Å². The minimum atomic E-state index is -3.65. The van der Waals surface area contributed by atoms with Crippen LogP contribution in [0.15, 0.2) is 25.3 Å². The summed E-state index contributed by atoms with van der Waals surface area (Å²) >= 11 is 0. The normalized spacial score (nSPS) is 27.4. The van der Waals surface area contributed by atoms with Crippen molar-refractivity contribution in [1.29, 1.82) is 0 Å². The largest absolute Gasteiger partial charge is 0.414 e. The van der Waals surface area contributed by atoms with E-state index < -0.39 is 101 Å². The van der Waals surface area contributed by atoms with Gasteiger partial charge in [0.25, 0.3) is 10.1 Å². The number of nitrogens with zero attached hydrogens (tertiary/aromatic N) is 8. The van der Waals surface area contributed by atoms with Crippen LogP contribution in [0.5, 0.6) is 0 Å². The van der Waals surface area contributed by atoms with Crippen molar-refractivity contribution in [2.45, 2.75) is 236 Å². The number of rotatable bonds is 18. The Balaban J connectivity index is 0.000000289. The first kappa shape index (κ1) is 74.0. The molecule has 8 atom stereocenters. The van der Waals surface area contributed by atoms with E-state index in [1.807, 2.05) is 0 Å². The monoisotopic (exact) mass is 1340 g/mol. The zero-order valence-electron chi connectivity index (χ0n) is 52.6. The highest BCUT2D eigenvalue weighted by molar-refractivity contribution is 8.13. The van der Waals surface area contributed by atoms with Crippen LogP contribution in [-0.2, 0) is 58.8 Å². The SMILES string of the molecule is C.CC(C)[Si]1(C(C)C)OC[C@H]2O[C@@H](n3cnc4c(N)ncnc43)[C@](O)(CCCO)[C@@H]2O[Si](C(C)C)(C(C)C)O1.CC(C)[Si]1(C(C)C)OC[C@H]2O[C@@H](n3cnc4c(N)ncnc43)[C@](O)(CCCOS(C)(=O)=O)[C@@H]2O[Si](C(C)C)(C(C)C)O1.CS(=O)(=O)Cl. The number of hydrogen-bond acceptors (Lipinski definition) is 24. The molecule has 7 N–H and O–H groups in total. The molecule has 4 saturated heterocycles. The Morgan fingerprint density at radius 3 is 1.22 bits per heavy atom. The number of aliphatic hydroxyl groups is 3. The van der Waals surface area contributed by atoms with Crippen molar-refractivity contribution in [1.82, 2.24) is 39.0 Å². The van der Waals surface area contributed by atoms with E-state index in [4.69, 9.17) is 51.1 Å². The number of aromatic nitrogens is 8. The molecule has 4 aromatic heterocycles. The average molecular weight is 1340 g/mol. The van der Waals surface area contributed by atoms with Gasteiger partial charge in [0.2, 0.25) is 9.05 Å². The summed E-state index contributed by atoms with van der Waals surface area (Å²) in [4.78, 5) is 25.7. The van der Waals surface area contributed by atoms with Gasteiger partial charge in [0.15, 0.2) is 35.4 Å². The number of hydrogen-bond donors (Lipinski definition) is 5. The van der Waals surface area contributed by atoms with Gasteiger partial charge in [-0.15, -0.1) is 0 Å². The molecule has 0 aromatic carbocycles. The van der Waals surface area contributed by atoms with E-state index in [1.165, 1.54) is 19.0 Å². The molecule has 26 nitrogen and oxygen atoms in total. The first-order chi connectivity index (χ1) is 39.3. The van der Waals surface area contributed by atoms with Crippen LogP contribution in [0.25, 0.3) is 22.3 Å². The maximum Gasteiger partial charge on any atom is 0.335 e. The maximum absolute atomic E-state index is 12.7. The van der Waals surface area contributed by atoms with Crippen molar-refractivity contribution in [3.05, 3.63) is 25.3 Å². The Morgan fingerprint density at radius 2 is 0.919 bits per heavy atom. The first-order valence-electron chi connectivity index (χ1n) is 29.3. The van der Waals surface area contributed by atoms with Gasteiger partial charge < -0.3 is 62.2 Å². The lowest BCUT2D eigenvalue weighted by atomic mass is 9.89. The Labute approximate surface area is 518 Å². The number of ether oxygens (including phenoxy) is 2. The van der Waals surface area contributed by atoms with Gasteiger partial charge >= 0.3 is 34.2 Å². The van der Waals surface area contributed by atoms with E-state index in [2.05, 4.69) is 151 Å². The fourth-order valence-electron chi connectivity index (χ4n) is 12.6. The Hall–Kier alpha value is -2.72. The molecule has 4 aliphatic rings. The summed E-state index contributed by atoms with van der Waals surface area (Å²) in [5, 5.41) is 34.9. The predicted molar refractivity (Wildman–Crippen MR) is 339 cm³/mol. The highest BCUT2D eigenvalue weighted by atomic mass is 35.7. The Kier molecular flexibility index (Phi) is 24.5. The van der Waals surface area contributed by atoms with Crippen molar-refractivity contribution in [3.8, 4) is 0 Å². The third-order valence-corrected chi connectivity index (χ3v) is 37.9. The van der Waals surface area contributed by atoms with Crippen molar-refractivity contribution in [2.24, 2.45) is 0 Å². The smallest absolute Gasteiger partial charge is 0.335 e. The molecule has 4 aromatic rings. The van der Waals surface area contributed by atoms with E-state index in [9.17, 15) is 32.2 Å². The summed E-state index contributed by atoms with van der Waals surface area (Å²) in [5.74, 6) is 0.455. The van der Waals surface area contributed by atoms with E-state index >= 15 is 0 Å². The fourth-order valence-corrected chi connectivity index (χ4v) is 35.6. The second kappa shape index (κ2) is 28.4. The first-order valence-corrected chi connectivity index (χ1v) is 41.7. The third-order valence-electron chi connectivity index (χ3n) is 16.8. The molecule has 33 heteroatoms. The predicted octanol–water partition coefficient (Wildman–Crippen LogP) is 8.34. The lowest BCUT2D eigenvalue weighted by Crippen LogP contribution is -2.67. The molecular formula is C53H99ClN10O16S2Si4. The molecule has 0 radical (unpaired) electrons. The quantitative estimate of drug-likeness (QED) is 0.0270. The Bertz CT molecular complexity index is 3070. The molecule has 8 rings (SSSR count). The van der Waals surface area contributed by atoms with Crippen molar-refractivity contribution < 1.29 is 71.7 Å². The van der Waals surface area contributed by atoms with Gasteiger partial charge in [-0.3, -0.25) is 13.3 Å². The Morgan fingerprint density at radius 1 is 0.593 bits per heavy atom. The minimum absolute atomic E-state index is 0. The number of aliphatic hydroxyl groups excluding tert-OH is 1. The molecule has 8 heterocycles. The van der Waals surface area contributed by atoms with Crippen LogP contribution in [0.3, 0.4) is 0 Å². The minimum Gasteiger partial charge on any atom is -0.414 e. The van der Waals surface area contributed by atoms with Crippen molar-refractivity contribution in [3.63, 3.8) is 0 Å². The number of nitrogen functional groups attached to an aromatic ring is 2. The molecular weight excluding hydrogens is 1240 g/mol. The topological polar surface area (TPSA) is 351 Å². The second-order valence-corrected chi connectivity index (χ2v) is 47.7. The van der Waals surface area contributed by atoms with Crippen LogP contribution < -0.4 is 11.5 Å². The summed E-state index contributed by atoms with van der Waals surface area (Å²) in [5.41, 5.74) is 11.5. The summed E-state index contributed by atoms with van der Waals surface area (Å²) in [7, 11) is -14.1. The van der Waals surface area contributed by atoms with E-state index in [0.717, 1.165) is 12.5 Å². The molecule has 0 amide bonds. The van der Waals surface area contributed by atoms with Crippen LogP contribution in [0.4, 0.5) is 11.6 Å². The molecule has 492 valence electrons. The number of anilines is 2. The molecule has 4 fully saturated rings. The number of fused-ring (bicyclic) bond motifs is 4. The van der Waals surface area contributed by atoms with Gasteiger partial charge in [0, 0.05) is 17.3 Å². The molecule has 4 aliphatic heterocycles. The molecule has 0 saturated carbocycles. The van der Waals surface area contributed by atoms with E-state index in [1.54, 1.807) is 15.5 Å². The zero-order chi connectivity index (χ0) is 63.8. The van der Waals surface area contributed by atoms with Crippen LogP contribution in [0.2, 0.25) is 44.3 Å². The van der Waals surface area contributed by atoms with Gasteiger partial charge in [0.1, 0.15) is 59.3 Å². The summed E-state index contributed by atoms with van der Waals surface area (Å²) in [6, 6.07) is 0. The summed E-state index contributed by atoms with van der Waals surface area (Å²) < 4.78 is 106. The molecule has 86 heavy (non-hydrogen) atoms. The van der Waals surface area contributed by atoms with Crippen LogP contribution in [-0.4, -0.2) is 180 Å². The molecule has 0 aliphatic carbocycles. The van der Waals surface area contributed by atoms with Gasteiger partial charge in [-0.25, -0.2) is 38.3 Å². The average Bonchev–Trinajstić information content (AvgIpc) is 1.49. The van der Waals surface area contributed by atoms with Crippen molar-refractivity contribution >= 4 is 98.1 Å². The summed E-state index contributed by atoms with van der Waals surface area (Å²) in [6.07, 6.45) is 3.98. The number of halogens is 1. The highest BCUT2D eigenvalue weighted by Crippen LogP contribution is 2.54. The zero-order valence-corrected chi connectivity index (χ0v) is 59.0. The standard InChI is InChI=1S/C26H47N5O8SSi2.C25H45N5O6Si2.CH3ClO2S.CH4/c1-16(2)41(17(3)4)36-13-20-22(38-42(39-41,18(5)6)19(7)8)26(32,11-10-12-35-40(9,33)34)25(37-20)31-15-30-21-23(27)28-14-29-24(21)31;1-15(2)37(16(3)4)33-12-19-21(35-38(36-37,17(5)6)18(7)8)25(32,10-9-11-31)24(34-19)30-14-29-20-22(26)27-13-28-23(20)30;1-5(2,3)4;/h14-20,22,25,32H,10-13H2,1-9H3,(H2,27,28,29);13-19,21,24,31-32H,9-12H2,1-8H3,(H2,26,27,28);1H3;1H4/t20-,22-,25-,26+;19-,21-,24-,25+;;/m11../s1.